The van der Waals surface area contributed by atoms with E-state index in [1.165, 1.54) is 0 Å². The monoisotopic (exact) mass is 391 g/mol. The standard InChI is InChI=1S/C17H14BrNO5/c18-11-5-1-2-6-12(11)19-16(20)10-23-17(21)15-9-22-13-7-3-4-8-14(13)24-15/h1-8,15H,9-10H2,(H,19,20). The molecule has 0 bridgehead atoms. The Morgan fingerprint density at radius 3 is 2.62 bits per heavy atom. The van der Waals surface area contributed by atoms with Gasteiger partial charge in [0.05, 0.1) is 5.69 Å². The maximum absolute atomic E-state index is 12.0. The van der Waals surface area contributed by atoms with Crippen molar-refractivity contribution in [1.29, 1.82) is 0 Å². The van der Waals surface area contributed by atoms with Gasteiger partial charge in [-0.15, -0.1) is 0 Å². The largest absolute Gasteiger partial charge is 0.485 e. The van der Waals surface area contributed by atoms with Gasteiger partial charge in [0.2, 0.25) is 6.10 Å². The summed E-state index contributed by atoms with van der Waals surface area (Å²) in [5.41, 5.74) is 0.602. The first-order valence-electron chi connectivity index (χ1n) is 7.23. The maximum atomic E-state index is 12.0. The van der Waals surface area contributed by atoms with Crippen molar-refractivity contribution in [3.63, 3.8) is 0 Å². The SMILES string of the molecule is O=C(COC(=O)C1COc2ccccc2O1)Nc1ccccc1Br. The molecule has 2 aromatic rings. The summed E-state index contributed by atoms with van der Waals surface area (Å²) < 4.78 is 16.7. The number of benzene rings is 2. The maximum Gasteiger partial charge on any atom is 0.351 e. The van der Waals surface area contributed by atoms with Crippen LogP contribution in [0, 0.1) is 0 Å². The van der Waals surface area contributed by atoms with Gasteiger partial charge in [-0.2, -0.15) is 0 Å². The van der Waals surface area contributed by atoms with Crippen LogP contribution >= 0.6 is 15.9 Å². The number of hydrogen-bond donors (Lipinski definition) is 1. The zero-order chi connectivity index (χ0) is 16.9. The molecule has 0 aliphatic carbocycles. The van der Waals surface area contributed by atoms with E-state index < -0.39 is 24.6 Å². The summed E-state index contributed by atoms with van der Waals surface area (Å²) in [6.45, 7) is -0.358. The van der Waals surface area contributed by atoms with E-state index in [4.69, 9.17) is 14.2 Å². The van der Waals surface area contributed by atoms with Crippen molar-refractivity contribution in [2.24, 2.45) is 0 Å². The lowest BCUT2D eigenvalue weighted by Crippen LogP contribution is -2.39. The molecule has 0 aromatic heterocycles. The highest BCUT2D eigenvalue weighted by Crippen LogP contribution is 2.31. The van der Waals surface area contributed by atoms with Crippen molar-refractivity contribution in [1.82, 2.24) is 0 Å². The molecule has 124 valence electrons. The van der Waals surface area contributed by atoms with Gasteiger partial charge in [0.25, 0.3) is 5.91 Å². The molecule has 0 saturated heterocycles. The topological polar surface area (TPSA) is 73.9 Å². The molecule has 0 saturated carbocycles. The van der Waals surface area contributed by atoms with Gasteiger partial charge in [0, 0.05) is 4.47 Å². The van der Waals surface area contributed by atoms with Crippen LogP contribution in [-0.4, -0.2) is 31.2 Å². The number of rotatable bonds is 4. The Bertz CT molecular complexity index is 764. The van der Waals surface area contributed by atoms with Crippen LogP contribution in [0.5, 0.6) is 11.5 Å². The number of halogens is 1. The molecule has 1 aliphatic rings. The molecule has 1 N–H and O–H groups in total. The lowest BCUT2D eigenvalue weighted by atomic mass is 10.2. The molecule has 24 heavy (non-hydrogen) atoms. The van der Waals surface area contributed by atoms with Gasteiger partial charge in [-0.25, -0.2) is 4.79 Å². The molecule has 7 heteroatoms. The van der Waals surface area contributed by atoms with Gasteiger partial charge in [-0.05, 0) is 40.2 Å². The van der Waals surface area contributed by atoms with Crippen LogP contribution < -0.4 is 14.8 Å². The number of esters is 1. The zero-order valence-corrected chi connectivity index (χ0v) is 14.1. The fraction of sp³-hybridized carbons (Fsp3) is 0.176. The molecule has 0 radical (unpaired) electrons. The quantitative estimate of drug-likeness (QED) is 0.811. The van der Waals surface area contributed by atoms with Gasteiger partial charge < -0.3 is 19.5 Å². The summed E-state index contributed by atoms with van der Waals surface area (Å²) in [5.74, 6) is -0.0317. The van der Waals surface area contributed by atoms with Crippen LogP contribution in [0.25, 0.3) is 0 Å². The summed E-state index contributed by atoms with van der Waals surface area (Å²) in [7, 11) is 0. The number of para-hydroxylation sites is 3. The third-order valence-electron chi connectivity index (χ3n) is 3.26. The summed E-state index contributed by atoms with van der Waals surface area (Å²) in [4.78, 5) is 23.9. The smallest absolute Gasteiger partial charge is 0.351 e. The number of nitrogens with one attached hydrogen (secondary N) is 1. The van der Waals surface area contributed by atoms with E-state index in [-0.39, 0.29) is 6.61 Å². The third kappa shape index (κ3) is 3.86. The summed E-state index contributed by atoms with van der Waals surface area (Å²) in [6, 6.07) is 14.2. The van der Waals surface area contributed by atoms with E-state index in [1.54, 1.807) is 36.4 Å². The minimum absolute atomic E-state index is 0.0434. The average Bonchev–Trinajstić information content (AvgIpc) is 2.61. The first-order valence-corrected chi connectivity index (χ1v) is 8.02. The summed E-state index contributed by atoms with van der Waals surface area (Å²) in [6.07, 6.45) is -0.892. The number of carbonyl (C=O) groups excluding carboxylic acids is 2. The normalized spacial score (nSPS) is 15.5. The van der Waals surface area contributed by atoms with Crippen LogP contribution in [0.2, 0.25) is 0 Å². The van der Waals surface area contributed by atoms with Crippen molar-refractivity contribution in [3.05, 3.63) is 53.0 Å². The van der Waals surface area contributed by atoms with Gasteiger partial charge in [0.1, 0.15) is 6.61 Å². The molecule has 1 aliphatic heterocycles. The van der Waals surface area contributed by atoms with E-state index in [0.29, 0.717) is 17.2 Å². The van der Waals surface area contributed by atoms with Crippen molar-refractivity contribution in [3.8, 4) is 11.5 Å². The molecule has 2 aromatic carbocycles. The molecule has 1 unspecified atom stereocenters. The molecule has 6 nitrogen and oxygen atoms in total. The summed E-state index contributed by atoms with van der Waals surface area (Å²) in [5, 5.41) is 2.65. The van der Waals surface area contributed by atoms with Gasteiger partial charge in [0.15, 0.2) is 18.1 Å². The Morgan fingerprint density at radius 1 is 1.12 bits per heavy atom. The minimum atomic E-state index is -0.892. The van der Waals surface area contributed by atoms with Crippen molar-refractivity contribution in [2.75, 3.05) is 18.5 Å². The number of hydrogen-bond acceptors (Lipinski definition) is 5. The minimum Gasteiger partial charge on any atom is -0.485 e. The van der Waals surface area contributed by atoms with Crippen LogP contribution in [0.3, 0.4) is 0 Å². The number of amides is 1. The van der Waals surface area contributed by atoms with Gasteiger partial charge in [-0.3, -0.25) is 4.79 Å². The van der Waals surface area contributed by atoms with E-state index in [9.17, 15) is 9.59 Å². The number of carbonyl (C=O) groups is 2. The highest BCUT2D eigenvalue weighted by Gasteiger charge is 2.29. The van der Waals surface area contributed by atoms with E-state index in [2.05, 4.69) is 21.2 Å². The summed E-state index contributed by atoms with van der Waals surface area (Å²) >= 11 is 3.32. The van der Waals surface area contributed by atoms with Gasteiger partial charge in [-0.1, -0.05) is 24.3 Å². The van der Waals surface area contributed by atoms with Crippen LogP contribution in [0.15, 0.2) is 53.0 Å². The Hall–Kier alpha value is -2.54. The lowest BCUT2D eigenvalue weighted by molar-refractivity contribution is -0.156. The Labute approximate surface area is 146 Å². The molecular weight excluding hydrogens is 378 g/mol. The second-order valence-corrected chi connectivity index (χ2v) is 5.85. The molecule has 3 rings (SSSR count). The number of anilines is 1. The average molecular weight is 392 g/mol. The Kier molecular flexibility index (Phi) is 5.00. The first-order chi connectivity index (χ1) is 11.6. The molecule has 1 amide bonds. The molecule has 1 atom stereocenters. The van der Waals surface area contributed by atoms with Gasteiger partial charge >= 0.3 is 5.97 Å². The van der Waals surface area contributed by atoms with Crippen LogP contribution in [-0.2, 0) is 14.3 Å². The van der Waals surface area contributed by atoms with E-state index in [1.807, 2.05) is 12.1 Å². The fourth-order valence-corrected chi connectivity index (χ4v) is 2.50. The van der Waals surface area contributed by atoms with Crippen molar-refractivity contribution >= 4 is 33.5 Å². The van der Waals surface area contributed by atoms with E-state index >= 15 is 0 Å². The van der Waals surface area contributed by atoms with Crippen molar-refractivity contribution < 1.29 is 23.8 Å². The van der Waals surface area contributed by atoms with E-state index in [0.717, 1.165) is 4.47 Å². The van der Waals surface area contributed by atoms with Crippen LogP contribution in [0.1, 0.15) is 0 Å². The second-order valence-electron chi connectivity index (χ2n) is 5.00. The zero-order valence-electron chi connectivity index (χ0n) is 12.5. The molecule has 1 heterocycles. The lowest BCUT2D eigenvalue weighted by Gasteiger charge is -2.24. The number of fused-ring (bicyclic) bond motifs is 1. The van der Waals surface area contributed by atoms with Crippen molar-refractivity contribution in [2.45, 2.75) is 6.10 Å². The molecule has 0 fully saturated rings. The highest BCUT2D eigenvalue weighted by molar-refractivity contribution is 9.10. The fourth-order valence-electron chi connectivity index (χ4n) is 2.11. The highest BCUT2D eigenvalue weighted by atomic mass is 79.9. The third-order valence-corrected chi connectivity index (χ3v) is 3.96. The van der Waals surface area contributed by atoms with Crippen LogP contribution in [0.4, 0.5) is 5.69 Å². The second kappa shape index (κ2) is 7.35. The number of ether oxygens (including phenoxy) is 3. The molecular formula is C17H14BrNO5. The first kappa shape index (κ1) is 16.3. The Balaban J connectivity index is 1.51. The predicted octanol–water partition coefficient (Wildman–Crippen LogP) is 2.77. The Morgan fingerprint density at radius 2 is 1.83 bits per heavy atom. The predicted molar refractivity (Wildman–Crippen MR) is 90.1 cm³/mol. The molecule has 0 spiro atoms.